The lowest BCUT2D eigenvalue weighted by Crippen LogP contribution is -2.45. The van der Waals surface area contributed by atoms with Crippen LogP contribution >= 0.6 is 0 Å². The minimum absolute atomic E-state index is 0.0404. The molecular weight excluding hydrogens is 406 g/mol. The van der Waals surface area contributed by atoms with Crippen LogP contribution in [0.3, 0.4) is 0 Å². The van der Waals surface area contributed by atoms with Crippen LogP contribution in [0.4, 0.5) is 0 Å². The van der Waals surface area contributed by atoms with E-state index < -0.39 is 11.5 Å². The van der Waals surface area contributed by atoms with Crippen LogP contribution < -0.4 is 10.1 Å². The van der Waals surface area contributed by atoms with E-state index in [1.807, 2.05) is 13.0 Å². The maximum atomic E-state index is 13.0. The van der Waals surface area contributed by atoms with Crippen LogP contribution in [0.1, 0.15) is 80.4 Å². The quantitative estimate of drug-likeness (QED) is 0.652. The van der Waals surface area contributed by atoms with Crippen LogP contribution in [-0.4, -0.2) is 44.8 Å². The summed E-state index contributed by atoms with van der Waals surface area (Å²) in [5, 5.41) is 23.5. The molecule has 2 aromatic heterocycles. The number of nitriles is 1. The van der Waals surface area contributed by atoms with Crippen LogP contribution in [-0.2, 0) is 12.8 Å². The number of amides is 1. The minimum Gasteiger partial charge on any atom is -0.493 e. The zero-order chi connectivity index (χ0) is 23.3. The maximum Gasteiger partial charge on any atom is 0.273 e. The molecule has 172 valence electrons. The van der Waals surface area contributed by atoms with Crippen molar-refractivity contribution in [3.05, 3.63) is 35.0 Å². The number of pyridine rings is 1. The Bertz CT molecular complexity index is 1000. The third-order valence-electron chi connectivity index (χ3n) is 6.23. The molecule has 3 rings (SSSR count). The van der Waals surface area contributed by atoms with Crippen molar-refractivity contribution in [2.75, 3.05) is 13.7 Å². The van der Waals surface area contributed by atoms with Crippen LogP contribution in [0.5, 0.6) is 5.75 Å². The van der Waals surface area contributed by atoms with E-state index in [1.165, 1.54) is 0 Å². The highest BCUT2D eigenvalue weighted by Gasteiger charge is 2.33. The Kier molecular flexibility index (Phi) is 7.52. The van der Waals surface area contributed by atoms with Gasteiger partial charge in [0.25, 0.3) is 5.91 Å². The monoisotopic (exact) mass is 439 g/mol. The minimum atomic E-state index is -0.912. The van der Waals surface area contributed by atoms with Gasteiger partial charge in [0.1, 0.15) is 11.9 Å². The molecule has 0 radical (unpaired) electrons. The lowest BCUT2D eigenvalue weighted by molar-refractivity contribution is -0.00543. The zero-order valence-electron chi connectivity index (χ0n) is 19.4. The Morgan fingerprint density at radius 3 is 2.72 bits per heavy atom. The average Bonchev–Trinajstić information content (AvgIpc) is 3.18. The fourth-order valence-electron chi connectivity index (χ4n) is 4.22. The SMILES string of the molecule is CCCc1cnc(-n2c(CC)nc(C(=O)NCC3(O)CCC(C)CC3)c2C#N)c(OC)c1. The Labute approximate surface area is 189 Å². The molecule has 8 heteroatoms. The summed E-state index contributed by atoms with van der Waals surface area (Å²) < 4.78 is 7.15. The molecule has 0 saturated heterocycles. The summed E-state index contributed by atoms with van der Waals surface area (Å²) >= 11 is 0. The van der Waals surface area contributed by atoms with Gasteiger partial charge in [0.15, 0.2) is 23.0 Å². The van der Waals surface area contributed by atoms with E-state index in [4.69, 9.17) is 4.74 Å². The van der Waals surface area contributed by atoms with Crippen molar-refractivity contribution in [3.63, 3.8) is 0 Å². The van der Waals surface area contributed by atoms with Crippen LogP contribution in [0, 0.1) is 17.2 Å². The number of rotatable bonds is 8. The Morgan fingerprint density at radius 1 is 1.41 bits per heavy atom. The number of aromatic nitrogens is 3. The summed E-state index contributed by atoms with van der Waals surface area (Å²) in [4.78, 5) is 22.0. The van der Waals surface area contributed by atoms with Gasteiger partial charge in [-0.1, -0.05) is 27.2 Å². The van der Waals surface area contributed by atoms with Gasteiger partial charge in [-0.05, 0) is 49.7 Å². The number of methoxy groups -OCH3 is 1. The summed E-state index contributed by atoms with van der Waals surface area (Å²) in [5.41, 5.74) is 0.277. The Morgan fingerprint density at radius 2 is 2.12 bits per heavy atom. The smallest absolute Gasteiger partial charge is 0.273 e. The molecule has 0 unspecified atom stereocenters. The fraction of sp³-hybridized carbons (Fsp3) is 0.583. The van der Waals surface area contributed by atoms with Gasteiger partial charge in [-0.25, -0.2) is 9.97 Å². The number of nitrogens with one attached hydrogen (secondary N) is 1. The molecule has 0 spiro atoms. The molecular formula is C24H33N5O3. The number of carbonyl (C=O) groups is 1. The summed E-state index contributed by atoms with van der Waals surface area (Å²) in [6.45, 7) is 6.32. The van der Waals surface area contributed by atoms with E-state index in [-0.39, 0.29) is 17.9 Å². The molecule has 8 nitrogen and oxygen atoms in total. The predicted octanol–water partition coefficient (Wildman–Crippen LogP) is 3.33. The Hall–Kier alpha value is -2.92. The first kappa shape index (κ1) is 23.7. The van der Waals surface area contributed by atoms with Gasteiger partial charge >= 0.3 is 0 Å². The second kappa shape index (κ2) is 10.1. The van der Waals surface area contributed by atoms with E-state index in [1.54, 1.807) is 17.9 Å². The van der Waals surface area contributed by atoms with Crippen molar-refractivity contribution in [1.29, 1.82) is 5.26 Å². The van der Waals surface area contributed by atoms with Gasteiger partial charge in [0.05, 0.1) is 12.7 Å². The van der Waals surface area contributed by atoms with E-state index in [2.05, 4.69) is 35.2 Å². The first-order chi connectivity index (χ1) is 15.4. The van der Waals surface area contributed by atoms with Crippen molar-refractivity contribution < 1.29 is 14.6 Å². The molecule has 1 aliphatic carbocycles. The number of ether oxygens (including phenoxy) is 1. The largest absolute Gasteiger partial charge is 0.493 e. The van der Waals surface area contributed by atoms with Crippen LogP contribution in [0.25, 0.3) is 5.82 Å². The highest BCUT2D eigenvalue weighted by molar-refractivity contribution is 5.94. The lowest BCUT2D eigenvalue weighted by atomic mass is 9.79. The summed E-state index contributed by atoms with van der Waals surface area (Å²) in [6, 6.07) is 4.03. The van der Waals surface area contributed by atoms with E-state index >= 15 is 0 Å². The molecule has 32 heavy (non-hydrogen) atoms. The molecule has 2 N–H and O–H groups in total. The Balaban J connectivity index is 1.92. The molecule has 1 fully saturated rings. The molecule has 1 saturated carbocycles. The molecule has 0 bridgehead atoms. The molecule has 0 atom stereocenters. The first-order valence-electron chi connectivity index (χ1n) is 11.4. The number of aliphatic hydroxyl groups is 1. The van der Waals surface area contributed by atoms with Gasteiger partial charge in [-0.2, -0.15) is 5.26 Å². The van der Waals surface area contributed by atoms with Crippen LogP contribution in [0.2, 0.25) is 0 Å². The number of hydrogen-bond acceptors (Lipinski definition) is 6. The topological polar surface area (TPSA) is 113 Å². The number of carbonyl (C=O) groups excluding carboxylic acids is 1. The lowest BCUT2D eigenvalue weighted by Gasteiger charge is -2.34. The van der Waals surface area contributed by atoms with E-state index in [0.717, 1.165) is 31.2 Å². The van der Waals surface area contributed by atoms with Gasteiger partial charge in [-0.3, -0.25) is 9.36 Å². The van der Waals surface area contributed by atoms with Crippen LogP contribution in [0.15, 0.2) is 12.3 Å². The van der Waals surface area contributed by atoms with Gasteiger partial charge in [0, 0.05) is 19.2 Å². The van der Waals surface area contributed by atoms with Crippen molar-refractivity contribution in [3.8, 4) is 17.6 Å². The summed E-state index contributed by atoms with van der Waals surface area (Å²) in [6.07, 6.45) is 7.29. The van der Waals surface area contributed by atoms with Crippen molar-refractivity contribution in [2.45, 2.75) is 71.3 Å². The molecule has 2 heterocycles. The third kappa shape index (κ3) is 4.94. The number of nitrogens with zero attached hydrogens (tertiary/aromatic N) is 4. The van der Waals surface area contributed by atoms with Gasteiger partial charge in [0.2, 0.25) is 0 Å². The normalized spacial score (nSPS) is 20.6. The fourth-order valence-corrected chi connectivity index (χ4v) is 4.22. The standard InChI is InChI=1S/C24H33N5O3/c1-5-7-17-12-19(32-4)22(26-14-17)29-18(13-25)21(28-20(29)6-2)23(30)27-15-24(31)10-8-16(3)9-11-24/h12,14,16,31H,5-11,15H2,1-4H3,(H,27,30). The van der Waals surface area contributed by atoms with E-state index in [9.17, 15) is 15.2 Å². The third-order valence-corrected chi connectivity index (χ3v) is 6.23. The van der Waals surface area contributed by atoms with Crippen molar-refractivity contribution in [1.82, 2.24) is 19.9 Å². The molecule has 1 aliphatic rings. The second-order valence-electron chi connectivity index (χ2n) is 8.73. The number of hydrogen-bond donors (Lipinski definition) is 2. The molecule has 2 aromatic rings. The predicted molar refractivity (Wildman–Crippen MR) is 121 cm³/mol. The van der Waals surface area contributed by atoms with Gasteiger partial charge < -0.3 is 15.2 Å². The van der Waals surface area contributed by atoms with E-state index in [0.29, 0.717) is 42.6 Å². The maximum absolute atomic E-state index is 13.0. The summed E-state index contributed by atoms with van der Waals surface area (Å²) in [5.74, 6) is 1.63. The highest BCUT2D eigenvalue weighted by atomic mass is 16.5. The summed E-state index contributed by atoms with van der Waals surface area (Å²) in [7, 11) is 1.56. The molecule has 1 amide bonds. The highest BCUT2D eigenvalue weighted by Crippen LogP contribution is 2.31. The molecule has 0 aliphatic heterocycles. The van der Waals surface area contributed by atoms with Crippen molar-refractivity contribution in [2.24, 2.45) is 5.92 Å². The first-order valence-corrected chi connectivity index (χ1v) is 11.4. The number of aryl methyl sites for hydroxylation is 2. The van der Waals surface area contributed by atoms with Gasteiger partial charge in [-0.15, -0.1) is 0 Å². The molecule has 0 aromatic carbocycles. The number of imidazole rings is 1. The van der Waals surface area contributed by atoms with Crippen molar-refractivity contribution >= 4 is 5.91 Å². The zero-order valence-corrected chi connectivity index (χ0v) is 19.4. The average molecular weight is 440 g/mol. The second-order valence-corrected chi connectivity index (χ2v) is 8.73.